The molecule has 2 N–H and O–H groups in total. The zero-order valence-corrected chi connectivity index (χ0v) is 12.2. The summed E-state index contributed by atoms with van der Waals surface area (Å²) in [5, 5.41) is 4.19. The lowest BCUT2D eigenvalue weighted by Gasteiger charge is -2.21. The lowest BCUT2D eigenvalue weighted by molar-refractivity contribution is 0.416. The molecule has 0 aliphatic rings. The van der Waals surface area contributed by atoms with Gasteiger partial charge >= 0.3 is 0 Å². The molecule has 4 nitrogen and oxygen atoms in total. The molecule has 0 amide bonds. The first kappa shape index (κ1) is 13.5. The van der Waals surface area contributed by atoms with Crippen LogP contribution in [0.1, 0.15) is 26.3 Å². The Morgan fingerprint density at radius 2 is 1.89 bits per heavy atom. The first-order chi connectivity index (χ1) is 8.82. The van der Waals surface area contributed by atoms with Gasteiger partial charge in [0.25, 0.3) is 0 Å². The normalized spacial score (nSPS) is 11.6. The highest BCUT2D eigenvalue weighted by Crippen LogP contribution is 2.36. The fourth-order valence-corrected chi connectivity index (χ4v) is 2.10. The number of aromatic nitrogens is 2. The molecule has 0 aliphatic carbocycles. The summed E-state index contributed by atoms with van der Waals surface area (Å²) in [5.74, 6) is 1.33. The van der Waals surface area contributed by atoms with Crippen LogP contribution in [-0.2, 0) is 12.5 Å². The molecule has 0 aliphatic heterocycles. The molecule has 0 saturated carbocycles. The number of aryl methyl sites for hydroxylation is 1. The van der Waals surface area contributed by atoms with E-state index in [-0.39, 0.29) is 5.41 Å². The van der Waals surface area contributed by atoms with Gasteiger partial charge in [-0.25, -0.2) is 0 Å². The van der Waals surface area contributed by atoms with Crippen molar-refractivity contribution >= 4 is 5.82 Å². The van der Waals surface area contributed by atoms with Gasteiger partial charge in [0.05, 0.1) is 7.11 Å². The van der Waals surface area contributed by atoms with Gasteiger partial charge in [-0.3, -0.25) is 4.68 Å². The van der Waals surface area contributed by atoms with Crippen LogP contribution < -0.4 is 10.5 Å². The Hall–Kier alpha value is -1.97. The van der Waals surface area contributed by atoms with Crippen molar-refractivity contribution in [3.63, 3.8) is 0 Å². The van der Waals surface area contributed by atoms with E-state index in [9.17, 15) is 0 Å². The van der Waals surface area contributed by atoms with Crippen LogP contribution in [0.25, 0.3) is 11.1 Å². The molecule has 19 heavy (non-hydrogen) atoms. The summed E-state index contributed by atoms with van der Waals surface area (Å²) in [7, 11) is 3.53. The summed E-state index contributed by atoms with van der Waals surface area (Å²) < 4.78 is 7.16. The second-order valence-electron chi connectivity index (χ2n) is 5.77. The molecule has 0 unspecified atom stereocenters. The smallest absolute Gasteiger partial charge is 0.153 e. The van der Waals surface area contributed by atoms with E-state index in [0.29, 0.717) is 5.82 Å². The average molecular weight is 259 g/mol. The van der Waals surface area contributed by atoms with Gasteiger partial charge in [-0.1, -0.05) is 26.8 Å². The number of hydrogen-bond donors (Lipinski definition) is 1. The van der Waals surface area contributed by atoms with E-state index in [0.717, 1.165) is 16.9 Å². The number of nitrogens with two attached hydrogens (primary N) is 1. The maximum Gasteiger partial charge on any atom is 0.153 e. The first-order valence-electron chi connectivity index (χ1n) is 6.31. The first-order valence-corrected chi connectivity index (χ1v) is 6.31. The van der Waals surface area contributed by atoms with Crippen LogP contribution in [-0.4, -0.2) is 16.9 Å². The van der Waals surface area contributed by atoms with Crippen molar-refractivity contribution in [1.29, 1.82) is 0 Å². The van der Waals surface area contributed by atoms with Gasteiger partial charge in [0.1, 0.15) is 5.75 Å². The van der Waals surface area contributed by atoms with Gasteiger partial charge in [0, 0.05) is 24.4 Å². The van der Waals surface area contributed by atoms with Crippen LogP contribution in [0.15, 0.2) is 24.4 Å². The minimum Gasteiger partial charge on any atom is -0.496 e. The fraction of sp³-hybridized carbons (Fsp3) is 0.400. The predicted molar refractivity (Wildman–Crippen MR) is 78.3 cm³/mol. The third-order valence-corrected chi connectivity index (χ3v) is 3.21. The molecule has 1 aromatic heterocycles. The molecule has 4 heteroatoms. The van der Waals surface area contributed by atoms with Gasteiger partial charge in [-0.15, -0.1) is 0 Å². The van der Waals surface area contributed by atoms with Gasteiger partial charge in [0.2, 0.25) is 0 Å². The zero-order valence-electron chi connectivity index (χ0n) is 12.2. The number of nitrogen functional groups attached to an aromatic ring is 1. The minimum absolute atomic E-state index is 0.0813. The molecule has 1 heterocycles. The number of ether oxygens (including phenoxy) is 1. The predicted octanol–water partition coefficient (Wildman–Crippen LogP) is 2.98. The minimum atomic E-state index is 0.0813. The summed E-state index contributed by atoms with van der Waals surface area (Å²) in [6.07, 6.45) is 1.92. The highest BCUT2D eigenvalue weighted by atomic mass is 16.5. The second-order valence-corrected chi connectivity index (χ2v) is 5.77. The maximum atomic E-state index is 5.97. The Morgan fingerprint density at radius 1 is 1.21 bits per heavy atom. The molecule has 102 valence electrons. The molecule has 0 spiro atoms. The number of rotatable bonds is 2. The Balaban J connectivity index is 2.63. The number of methoxy groups -OCH3 is 1. The maximum absolute atomic E-state index is 5.97. The topological polar surface area (TPSA) is 53.1 Å². The second kappa shape index (κ2) is 4.61. The monoisotopic (exact) mass is 259 g/mol. The van der Waals surface area contributed by atoms with Crippen molar-refractivity contribution < 1.29 is 4.74 Å². The number of benzene rings is 1. The molecule has 0 saturated heterocycles. The van der Waals surface area contributed by atoms with Crippen LogP contribution in [0.3, 0.4) is 0 Å². The van der Waals surface area contributed by atoms with E-state index in [1.54, 1.807) is 11.8 Å². The van der Waals surface area contributed by atoms with E-state index < -0.39 is 0 Å². The van der Waals surface area contributed by atoms with Crippen molar-refractivity contribution in [2.45, 2.75) is 26.2 Å². The Morgan fingerprint density at radius 3 is 2.37 bits per heavy atom. The van der Waals surface area contributed by atoms with Crippen LogP contribution in [0.4, 0.5) is 5.82 Å². The van der Waals surface area contributed by atoms with E-state index >= 15 is 0 Å². The summed E-state index contributed by atoms with van der Waals surface area (Å²) >= 11 is 0. The molecule has 0 bridgehead atoms. The molecule has 1 aromatic carbocycles. The quantitative estimate of drug-likeness (QED) is 0.902. The van der Waals surface area contributed by atoms with E-state index in [1.807, 2.05) is 19.3 Å². The summed E-state index contributed by atoms with van der Waals surface area (Å²) in [4.78, 5) is 0. The summed E-state index contributed by atoms with van der Waals surface area (Å²) in [5.41, 5.74) is 9.19. The lowest BCUT2D eigenvalue weighted by Crippen LogP contribution is -2.11. The Kier molecular flexibility index (Phi) is 3.27. The number of hydrogen-bond acceptors (Lipinski definition) is 3. The zero-order chi connectivity index (χ0) is 14.2. The SMILES string of the molecule is COc1ccc(C(C)(C)C)cc1-c1cn(C)nc1N. The van der Waals surface area contributed by atoms with Gasteiger partial charge in [-0.2, -0.15) is 5.10 Å². The van der Waals surface area contributed by atoms with Crippen LogP contribution >= 0.6 is 0 Å². The molecule has 0 fully saturated rings. The average Bonchev–Trinajstić information content (AvgIpc) is 2.66. The Labute approximate surface area is 114 Å². The lowest BCUT2D eigenvalue weighted by atomic mass is 9.85. The van der Waals surface area contributed by atoms with Crippen LogP contribution in [0.5, 0.6) is 5.75 Å². The van der Waals surface area contributed by atoms with E-state index in [1.165, 1.54) is 5.56 Å². The molecule has 2 rings (SSSR count). The molecule has 0 atom stereocenters. The van der Waals surface area contributed by atoms with Gasteiger partial charge < -0.3 is 10.5 Å². The van der Waals surface area contributed by atoms with Crippen molar-refractivity contribution in [3.8, 4) is 16.9 Å². The van der Waals surface area contributed by atoms with Crippen LogP contribution in [0.2, 0.25) is 0 Å². The van der Waals surface area contributed by atoms with Gasteiger partial charge in [0.15, 0.2) is 5.82 Å². The number of nitrogens with zero attached hydrogens (tertiary/aromatic N) is 2. The third-order valence-electron chi connectivity index (χ3n) is 3.21. The van der Waals surface area contributed by atoms with Crippen LogP contribution in [0, 0.1) is 0 Å². The molecule has 2 aromatic rings. The largest absolute Gasteiger partial charge is 0.496 e. The van der Waals surface area contributed by atoms with Crippen molar-refractivity contribution in [2.24, 2.45) is 7.05 Å². The van der Waals surface area contributed by atoms with Crippen molar-refractivity contribution in [1.82, 2.24) is 9.78 Å². The summed E-state index contributed by atoms with van der Waals surface area (Å²) in [6.45, 7) is 6.56. The molecular formula is C15H21N3O. The van der Waals surface area contributed by atoms with Crippen molar-refractivity contribution in [3.05, 3.63) is 30.0 Å². The van der Waals surface area contributed by atoms with E-state index in [4.69, 9.17) is 10.5 Å². The van der Waals surface area contributed by atoms with Gasteiger partial charge in [-0.05, 0) is 23.1 Å². The van der Waals surface area contributed by atoms with Crippen molar-refractivity contribution in [2.75, 3.05) is 12.8 Å². The fourth-order valence-electron chi connectivity index (χ4n) is 2.10. The third kappa shape index (κ3) is 2.57. The highest BCUT2D eigenvalue weighted by molar-refractivity contribution is 5.78. The standard InChI is InChI=1S/C15H21N3O/c1-15(2,3)10-6-7-13(19-5)11(8-10)12-9-18(4)17-14(12)16/h6-9H,1-5H3,(H2,16,17). The molecular weight excluding hydrogens is 238 g/mol. The Bertz CT molecular complexity index is 594. The van der Waals surface area contributed by atoms with E-state index in [2.05, 4.69) is 38.0 Å². The molecule has 0 radical (unpaired) electrons. The summed E-state index contributed by atoms with van der Waals surface area (Å²) in [6, 6.07) is 6.21. The number of anilines is 1. The highest BCUT2D eigenvalue weighted by Gasteiger charge is 2.18.